The number of hydrogen-bond acceptors (Lipinski definition) is 6. The largest absolute Gasteiger partial charge is 0.407 e. The number of hydrogen-bond donors (Lipinski definition) is 2. The maximum atomic E-state index is 9.72. The van der Waals surface area contributed by atoms with Gasteiger partial charge in [0, 0.05) is 12.6 Å². The summed E-state index contributed by atoms with van der Waals surface area (Å²) in [4.78, 5) is 1.74. The lowest BCUT2D eigenvalue weighted by atomic mass is 10.1. The van der Waals surface area contributed by atoms with E-state index >= 15 is 0 Å². The van der Waals surface area contributed by atoms with E-state index in [9.17, 15) is 5.11 Å². The lowest BCUT2D eigenvalue weighted by molar-refractivity contribution is 0.0874. The smallest absolute Gasteiger partial charge is 0.318 e. The molecule has 1 heterocycles. The van der Waals surface area contributed by atoms with E-state index in [1.54, 1.807) is 18.7 Å². The van der Waals surface area contributed by atoms with Crippen molar-refractivity contribution in [3.05, 3.63) is 5.89 Å². The van der Waals surface area contributed by atoms with Gasteiger partial charge in [0.25, 0.3) is 0 Å². The number of aliphatic hydroxyl groups is 1. The summed E-state index contributed by atoms with van der Waals surface area (Å²) >= 11 is 0. The Kier molecular flexibility index (Phi) is 4.34. The van der Waals surface area contributed by atoms with Gasteiger partial charge in [-0.3, -0.25) is 0 Å². The Balaban J connectivity index is 2.58. The summed E-state index contributed by atoms with van der Waals surface area (Å²) in [6.45, 7) is 10.7. The van der Waals surface area contributed by atoms with Crippen LogP contribution in [-0.2, 0) is 6.54 Å². The molecule has 1 aromatic heterocycles. The number of aromatic nitrogens is 2. The fraction of sp³-hybridized carbons (Fsp3) is 0.833. The lowest BCUT2D eigenvalue weighted by Gasteiger charge is -2.23. The highest BCUT2D eigenvalue weighted by atomic mass is 16.4. The van der Waals surface area contributed by atoms with Crippen molar-refractivity contribution in [2.75, 3.05) is 18.5 Å². The van der Waals surface area contributed by atoms with Crippen LogP contribution in [0.2, 0.25) is 0 Å². The van der Waals surface area contributed by atoms with E-state index in [4.69, 9.17) is 4.42 Å². The summed E-state index contributed by atoms with van der Waals surface area (Å²) in [5, 5.41) is 20.9. The maximum absolute atomic E-state index is 9.72. The van der Waals surface area contributed by atoms with Crippen LogP contribution < -0.4 is 10.2 Å². The third-order valence-electron chi connectivity index (χ3n) is 2.18. The van der Waals surface area contributed by atoms with E-state index in [0.29, 0.717) is 25.0 Å². The van der Waals surface area contributed by atoms with E-state index in [2.05, 4.69) is 36.3 Å². The molecule has 6 heteroatoms. The van der Waals surface area contributed by atoms with Crippen LogP contribution in [0.5, 0.6) is 0 Å². The predicted molar refractivity (Wildman–Crippen MR) is 70.5 cm³/mol. The normalized spacial score (nSPS) is 12.8. The third kappa shape index (κ3) is 5.46. The molecule has 2 N–H and O–H groups in total. The van der Waals surface area contributed by atoms with E-state index < -0.39 is 5.60 Å². The van der Waals surface area contributed by atoms with E-state index in [1.807, 2.05) is 7.05 Å². The standard InChI is InChI=1S/C12H24N4O2/c1-11(2,3)13-7-9-14-15-10(18-9)16(6)8-12(4,5)17/h13,17H,7-8H2,1-6H3. The second-order valence-corrected chi connectivity index (χ2v) is 6.25. The first-order valence-electron chi connectivity index (χ1n) is 6.08. The number of nitrogens with zero attached hydrogens (tertiary/aromatic N) is 3. The van der Waals surface area contributed by atoms with Gasteiger partial charge < -0.3 is 19.7 Å². The summed E-state index contributed by atoms with van der Waals surface area (Å²) < 4.78 is 5.52. The molecule has 0 aliphatic heterocycles. The molecule has 0 unspecified atom stereocenters. The highest BCUT2D eigenvalue weighted by Crippen LogP contribution is 2.14. The van der Waals surface area contributed by atoms with Crippen molar-refractivity contribution in [2.45, 2.75) is 52.3 Å². The molecule has 104 valence electrons. The molecule has 1 aromatic rings. The Hall–Kier alpha value is -1.14. The SMILES string of the molecule is CN(CC(C)(C)O)c1nnc(CNC(C)(C)C)o1. The summed E-state index contributed by atoms with van der Waals surface area (Å²) in [5.74, 6) is 0.544. The first-order chi connectivity index (χ1) is 8.07. The van der Waals surface area contributed by atoms with Gasteiger partial charge in [0.2, 0.25) is 5.89 Å². The van der Waals surface area contributed by atoms with Crippen LogP contribution in [0.15, 0.2) is 4.42 Å². The molecule has 0 aromatic carbocycles. The van der Waals surface area contributed by atoms with Crippen molar-refractivity contribution in [3.63, 3.8) is 0 Å². The zero-order chi connectivity index (χ0) is 14.0. The number of rotatable bonds is 5. The minimum Gasteiger partial charge on any atom is -0.407 e. The molecule has 1 rings (SSSR count). The Labute approximate surface area is 108 Å². The van der Waals surface area contributed by atoms with E-state index in [0.717, 1.165) is 0 Å². The van der Waals surface area contributed by atoms with Crippen LogP contribution in [0.25, 0.3) is 0 Å². The number of anilines is 1. The molecule has 0 spiro atoms. The predicted octanol–water partition coefficient (Wildman–Crippen LogP) is 1.16. The fourth-order valence-electron chi connectivity index (χ4n) is 1.46. The topological polar surface area (TPSA) is 74.4 Å². The molecule has 0 saturated heterocycles. The van der Waals surface area contributed by atoms with Crippen LogP contribution in [0.4, 0.5) is 6.01 Å². The first kappa shape index (κ1) is 14.9. The van der Waals surface area contributed by atoms with E-state index in [1.165, 1.54) is 0 Å². The summed E-state index contributed by atoms with van der Waals surface area (Å²) in [6, 6.07) is 0.419. The highest BCUT2D eigenvalue weighted by Gasteiger charge is 2.20. The van der Waals surface area contributed by atoms with Crippen LogP contribution in [0.3, 0.4) is 0 Å². The fourth-order valence-corrected chi connectivity index (χ4v) is 1.46. The van der Waals surface area contributed by atoms with E-state index in [-0.39, 0.29) is 5.54 Å². The van der Waals surface area contributed by atoms with Crippen molar-refractivity contribution in [1.82, 2.24) is 15.5 Å². The second-order valence-electron chi connectivity index (χ2n) is 6.25. The zero-order valence-electron chi connectivity index (χ0n) is 12.1. The number of likely N-dealkylation sites (N-methyl/N-ethyl adjacent to an activating group) is 1. The van der Waals surface area contributed by atoms with Gasteiger partial charge in [0.05, 0.1) is 18.7 Å². The molecule has 0 atom stereocenters. The maximum Gasteiger partial charge on any atom is 0.318 e. The highest BCUT2D eigenvalue weighted by molar-refractivity contribution is 5.22. The monoisotopic (exact) mass is 256 g/mol. The summed E-state index contributed by atoms with van der Waals surface area (Å²) in [5.41, 5.74) is -0.791. The Bertz CT molecular complexity index is 376. The molecular formula is C12H24N4O2. The van der Waals surface area contributed by atoms with Gasteiger partial charge in [-0.1, -0.05) is 5.10 Å². The third-order valence-corrected chi connectivity index (χ3v) is 2.18. The molecule has 18 heavy (non-hydrogen) atoms. The zero-order valence-corrected chi connectivity index (χ0v) is 12.1. The molecule has 0 saturated carbocycles. The van der Waals surface area contributed by atoms with Crippen molar-refractivity contribution in [2.24, 2.45) is 0 Å². The summed E-state index contributed by atoms with van der Waals surface area (Å²) in [7, 11) is 1.81. The Morgan fingerprint density at radius 3 is 2.33 bits per heavy atom. The van der Waals surface area contributed by atoms with Crippen molar-refractivity contribution in [1.29, 1.82) is 0 Å². The van der Waals surface area contributed by atoms with Crippen molar-refractivity contribution in [3.8, 4) is 0 Å². The molecule has 0 fully saturated rings. The van der Waals surface area contributed by atoms with Gasteiger partial charge in [-0.2, -0.15) is 0 Å². The quantitative estimate of drug-likeness (QED) is 0.823. The van der Waals surface area contributed by atoms with Gasteiger partial charge >= 0.3 is 6.01 Å². The Morgan fingerprint density at radius 1 is 1.22 bits per heavy atom. The van der Waals surface area contributed by atoms with Crippen LogP contribution in [0, 0.1) is 0 Å². The van der Waals surface area contributed by atoms with Crippen LogP contribution >= 0.6 is 0 Å². The molecule has 0 amide bonds. The Morgan fingerprint density at radius 2 is 1.83 bits per heavy atom. The minimum atomic E-state index is -0.799. The van der Waals surface area contributed by atoms with Gasteiger partial charge in [-0.25, -0.2) is 0 Å². The van der Waals surface area contributed by atoms with Crippen molar-refractivity contribution < 1.29 is 9.52 Å². The van der Waals surface area contributed by atoms with Crippen molar-refractivity contribution >= 4 is 6.01 Å². The van der Waals surface area contributed by atoms with Gasteiger partial charge in [0.1, 0.15) is 0 Å². The molecule has 0 aliphatic rings. The summed E-state index contributed by atoms with van der Waals surface area (Å²) in [6.07, 6.45) is 0. The minimum absolute atomic E-state index is 0.00756. The molecule has 0 radical (unpaired) electrons. The van der Waals surface area contributed by atoms with Gasteiger partial charge in [-0.05, 0) is 34.6 Å². The number of nitrogens with one attached hydrogen (secondary N) is 1. The molecule has 0 aliphatic carbocycles. The lowest BCUT2D eigenvalue weighted by Crippen LogP contribution is -2.36. The molecule has 0 bridgehead atoms. The average molecular weight is 256 g/mol. The van der Waals surface area contributed by atoms with Gasteiger partial charge in [0.15, 0.2) is 0 Å². The average Bonchev–Trinajstić information content (AvgIpc) is 2.58. The second kappa shape index (κ2) is 5.24. The van der Waals surface area contributed by atoms with Crippen LogP contribution in [0.1, 0.15) is 40.5 Å². The molecular weight excluding hydrogens is 232 g/mol. The first-order valence-corrected chi connectivity index (χ1v) is 6.08. The van der Waals surface area contributed by atoms with Crippen LogP contribution in [-0.4, -0.2) is 40.0 Å². The van der Waals surface area contributed by atoms with Gasteiger partial charge in [-0.15, -0.1) is 5.10 Å². The molecule has 6 nitrogen and oxygen atoms in total.